The van der Waals surface area contributed by atoms with Crippen molar-refractivity contribution >= 4 is 0 Å². The molecule has 3 nitrogen and oxygen atoms in total. The number of nitrogens with one attached hydrogen (secondary N) is 1. The number of ether oxygens (including phenoxy) is 1. The molecule has 1 rings (SSSR count). The number of alkyl halides is 5. The Morgan fingerprint density at radius 3 is 2.53 bits per heavy atom. The average molecular weight is 285 g/mol. The first kappa shape index (κ1) is 15.6. The van der Waals surface area contributed by atoms with E-state index >= 15 is 0 Å². The summed E-state index contributed by atoms with van der Waals surface area (Å²) < 4.78 is 63.7. The number of rotatable bonds is 6. The smallest absolute Gasteiger partial charge is 0.413 e. The number of benzene rings is 1. The molecule has 0 saturated carbocycles. The molecule has 19 heavy (non-hydrogen) atoms. The molecule has 1 atom stereocenters. The lowest BCUT2D eigenvalue weighted by Gasteiger charge is -2.16. The summed E-state index contributed by atoms with van der Waals surface area (Å²) in [5.41, 5.74) is 2.63. The van der Waals surface area contributed by atoms with Gasteiger partial charge in [-0.2, -0.15) is 27.4 Å². The van der Waals surface area contributed by atoms with E-state index in [0.717, 1.165) is 0 Å². The summed E-state index contributed by atoms with van der Waals surface area (Å²) in [4.78, 5) is 4.27. The summed E-state index contributed by atoms with van der Waals surface area (Å²) >= 11 is 0. The molecule has 0 radical (unpaired) electrons. The van der Waals surface area contributed by atoms with Gasteiger partial charge in [0.15, 0.2) is 6.61 Å². The maximum absolute atomic E-state index is 12.0. The predicted octanol–water partition coefficient (Wildman–Crippen LogP) is 3.43. The maximum Gasteiger partial charge on any atom is 0.413 e. The highest BCUT2D eigenvalue weighted by atomic mass is 19.4. The van der Waals surface area contributed by atoms with Crippen LogP contribution in [0.25, 0.3) is 0 Å². The molecule has 1 N–H and O–H groups in total. The van der Waals surface area contributed by atoms with E-state index in [1.807, 2.05) is 0 Å². The van der Waals surface area contributed by atoms with Crippen LogP contribution in [0.4, 0.5) is 22.0 Å². The van der Waals surface area contributed by atoms with Gasteiger partial charge >= 0.3 is 12.8 Å². The molecule has 8 heteroatoms. The van der Waals surface area contributed by atoms with Crippen LogP contribution < -0.4 is 10.2 Å². The van der Waals surface area contributed by atoms with Gasteiger partial charge in [0.1, 0.15) is 5.75 Å². The van der Waals surface area contributed by atoms with E-state index in [9.17, 15) is 22.0 Å². The Bertz CT molecular complexity index is 397. The van der Waals surface area contributed by atoms with Crippen molar-refractivity contribution in [2.24, 2.45) is 0 Å². The van der Waals surface area contributed by atoms with Crippen molar-refractivity contribution in [3.8, 4) is 5.75 Å². The second-order valence-corrected chi connectivity index (χ2v) is 3.69. The fourth-order valence-corrected chi connectivity index (χ4v) is 1.28. The molecule has 1 aromatic rings. The van der Waals surface area contributed by atoms with Crippen LogP contribution in [-0.4, -0.2) is 19.4 Å². The predicted molar refractivity (Wildman–Crippen MR) is 56.6 cm³/mol. The molecule has 108 valence electrons. The van der Waals surface area contributed by atoms with Crippen LogP contribution in [0.2, 0.25) is 0 Å². The molecule has 1 unspecified atom stereocenters. The molecular formula is C11H12F5NO2. The van der Waals surface area contributed by atoms with Gasteiger partial charge < -0.3 is 4.74 Å². The van der Waals surface area contributed by atoms with Crippen molar-refractivity contribution in [2.75, 3.05) is 6.61 Å². The van der Waals surface area contributed by atoms with Crippen LogP contribution in [0.15, 0.2) is 24.3 Å². The Morgan fingerprint density at radius 1 is 1.26 bits per heavy atom. The van der Waals surface area contributed by atoms with E-state index in [2.05, 4.69) is 15.1 Å². The van der Waals surface area contributed by atoms with E-state index in [1.54, 1.807) is 6.07 Å². The molecule has 0 saturated heterocycles. The number of halogens is 5. The van der Waals surface area contributed by atoms with Crippen LogP contribution in [0.3, 0.4) is 0 Å². The van der Waals surface area contributed by atoms with Crippen molar-refractivity contribution in [1.29, 1.82) is 0 Å². The summed E-state index contributed by atoms with van der Waals surface area (Å²) in [5, 5.41) is 0. The van der Waals surface area contributed by atoms with Crippen molar-refractivity contribution in [2.45, 2.75) is 25.8 Å². The summed E-state index contributed by atoms with van der Waals surface area (Å²) in [6.45, 7) is -2.87. The minimum Gasteiger partial charge on any atom is -0.435 e. The molecule has 0 bridgehead atoms. The Balaban J connectivity index is 2.54. The zero-order valence-corrected chi connectivity index (χ0v) is 9.88. The third-order valence-electron chi connectivity index (χ3n) is 2.08. The summed E-state index contributed by atoms with van der Waals surface area (Å²) in [7, 11) is 0. The molecule has 0 aromatic heterocycles. The fourth-order valence-electron chi connectivity index (χ4n) is 1.28. The zero-order valence-electron chi connectivity index (χ0n) is 9.88. The van der Waals surface area contributed by atoms with Crippen LogP contribution in [0.1, 0.15) is 18.5 Å². The quantitative estimate of drug-likeness (QED) is 0.641. The summed E-state index contributed by atoms with van der Waals surface area (Å²) in [6.07, 6.45) is -4.44. The van der Waals surface area contributed by atoms with E-state index in [-0.39, 0.29) is 5.75 Å². The lowest BCUT2D eigenvalue weighted by Crippen LogP contribution is -2.26. The van der Waals surface area contributed by atoms with E-state index in [0.29, 0.717) is 5.56 Å². The van der Waals surface area contributed by atoms with Crippen molar-refractivity contribution in [1.82, 2.24) is 5.48 Å². The topological polar surface area (TPSA) is 30.5 Å². The molecule has 0 amide bonds. The summed E-state index contributed by atoms with van der Waals surface area (Å²) in [5.74, 6) is -0.0722. The highest BCUT2D eigenvalue weighted by molar-refractivity contribution is 5.30. The van der Waals surface area contributed by atoms with Gasteiger partial charge in [-0.05, 0) is 24.6 Å². The molecule has 0 heterocycles. The molecule has 0 spiro atoms. The largest absolute Gasteiger partial charge is 0.435 e. The van der Waals surface area contributed by atoms with E-state index < -0.39 is 25.4 Å². The van der Waals surface area contributed by atoms with Gasteiger partial charge in [-0.25, -0.2) is 0 Å². The Morgan fingerprint density at radius 2 is 1.95 bits per heavy atom. The van der Waals surface area contributed by atoms with Gasteiger partial charge in [0.25, 0.3) is 0 Å². The van der Waals surface area contributed by atoms with Crippen LogP contribution >= 0.6 is 0 Å². The number of hydrogen-bond donors (Lipinski definition) is 1. The first-order valence-electron chi connectivity index (χ1n) is 5.27. The fraction of sp³-hybridized carbons (Fsp3) is 0.455. The standard InChI is InChI=1S/C11H12F5NO2/c1-7(17-18-6-11(14,15)16)8-3-2-4-9(5-8)19-10(12)13/h2-5,7,10,17H,6H2,1H3. The monoisotopic (exact) mass is 285 g/mol. The average Bonchev–Trinajstić information content (AvgIpc) is 2.26. The molecule has 0 aliphatic rings. The first-order valence-corrected chi connectivity index (χ1v) is 5.27. The van der Waals surface area contributed by atoms with Gasteiger partial charge in [0, 0.05) is 0 Å². The summed E-state index contributed by atoms with van der Waals surface area (Å²) in [6, 6.07) is 5.00. The second kappa shape index (κ2) is 6.67. The first-order chi connectivity index (χ1) is 8.78. The highest BCUT2D eigenvalue weighted by Crippen LogP contribution is 2.21. The van der Waals surface area contributed by atoms with Crippen molar-refractivity contribution in [3.05, 3.63) is 29.8 Å². The van der Waals surface area contributed by atoms with Crippen molar-refractivity contribution < 1.29 is 31.5 Å². The molecule has 0 aliphatic heterocycles. The second-order valence-electron chi connectivity index (χ2n) is 3.69. The molecule has 0 fully saturated rings. The normalized spacial score (nSPS) is 13.6. The highest BCUT2D eigenvalue weighted by Gasteiger charge is 2.28. The Kier molecular flexibility index (Phi) is 5.49. The Labute approximate surface area is 106 Å². The van der Waals surface area contributed by atoms with E-state index in [1.165, 1.54) is 25.1 Å². The van der Waals surface area contributed by atoms with E-state index in [4.69, 9.17) is 0 Å². The van der Waals surface area contributed by atoms with Crippen LogP contribution in [0.5, 0.6) is 5.75 Å². The van der Waals surface area contributed by atoms with Crippen molar-refractivity contribution in [3.63, 3.8) is 0 Å². The minimum atomic E-state index is -4.44. The number of hydroxylamine groups is 1. The maximum atomic E-state index is 12.0. The van der Waals surface area contributed by atoms with Crippen LogP contribution in [0, 0.1) is 0 Å². The zero-order chi connectivity index (χ0) is 14.5. The minimum absolute atomic E-state index is 0.0722. The lowest BCUT2D eigenvalue weighted by molar-refractivity contribution is -0.192. The third kappa shape index (κ3) is 6.35. The molecule has 0 aliphatic carbocycles. The molecular weight excluding hydrogens is 273 g/mol. The molecule has 1 aromatic carbocycles. The van der Waals surface area contributed by atoms with Crippen LogP contribution in [-0.2, 0) is 4.84 Å². The lowest BCUT2D eigenvalue weighted by atomic mass is 10.1. The van der Waals surface area contributed by atoms with Gasteiger partial charge in [0.05, 0.1) is 6.04 Å². The third-order valence-corrected chi connectivity index (χ3v) is 2.08. The van der Waals surface area contributed by atoms with Gasteiger partial charge in [0.2, 0.25) is 0 Å². The number of hydrogen-bond acceptors (Lipinski definition) is 3. The SMILES string of the molecule is CC(NOCC(F)(F)F)c1cccc(OC(F)F)c1. The van der Waals surface area contributed by atoms with Gasteiger partial charge in [-0.3, -0.25) is 4.84 Å². The Hall–Kier alpha value is -1.41. The van der Waals surface area contributed by atoms with Gasteiger partial charge in [-0.15, -0.1) is 0 Å². The van der Waals surface area contributed by atoms with Gasteiger partial charge in [-0.1, -0.05) is 12.1 Å².